The molecular weight excluding hydrogens is 250 g/mol. The van der Waals surface area contributed by atoms with E-state index in [4.69, 9.17) is 0 Å². The Kier molecular flexibility index (Phi) is 4.74. The summed E-state index contributed by atoms with van der Waals surface area (Å²) in [7, 11) is 0. The van der Waals surface area contributed by atoms with Gasteiger partial charge in [-0.05, 0) is 31.9 Å². The van der Waals surface area contributed by atoms with E-state index in [1.165, 1.54) is 5.56 Å². The van der Waals surface area contributed by atoms with Crippen LogP contribution in [0.15, 0.2) is 18.6 Å². The van der Waals surface area contributed by atoms with E-state index in [-0.39, 0.29) is 0 Å². The van der Waals surface area contributed by atoms with Crippen molar-refractivity contribution in [2.75, 3.05) is 13.1 Å². The highest BCUT2D eigenvalue weighted by atomic mass is 14.9. The Labute approximate surface area is 119 Å². The van der Waals surface area contributed by atoms with Crippen molar-refractivity contribution in [3.63, 3.8) is 0 Å². The van der Waals surface area contributed by atoms with Gasteiger partial charge in [-0.1, -0.05) is 13.8 Å². The zero-order chi connectivity index (χ0) is 14.5. The molecule has 20 heavy (non-hydrogen) atoms. The molecule has 0 aliphatic heterocycles. The van der Waals surface area contributed by atoms with Crippen LogP contribution < -0.4 is 5.32 Å². The van der Waals surface area contributed by atoms with E-state index in [0.717, 1.165) is 24.5 Å². The van der Waals surface area contributed by atoms with Crippen LogP contribution in [0, 0.1) is 13.8 Å². The molecule has 0 saturated heterocycles. The van der Waals surface area contributed by atoms with E-state index in [0.29, 0.717) is 17.4 Å². The van der Waals surface area contributed by atoms with Crippen LogP contribution in [0.4, 0.5) is 0 Å². The average molecular weight is 271 g/mol. The second-order valence-corrected chi connectivity index (χ2v) is 4.93. The molecule has 0 saturated carbocycles. The largest absolute Gasteiger partial charge is 0.316 e. The number of hydrogen-bond donors (Lipinski definition) is 1. The summed E-state index contributed by atoms with van der Waals surface area (Å²) in [6, 6.07) is 0. The Hall–Kier alpha value is -1.88. The van der Waals surface area contributed by atoms with Gasteiger partial charge < -0.3 is 5.32 Å². The van der Waals surface area contributed by atoms with Crippen molar-refractivity contribution < 1.29 is 0 Å². The van der Waals surface area contributed by atoms with Crippen LogP contribution in [0.3, 0.4) is 0 Å². The number of hydrogen-bond acceptors (Lipinski definition) is 5. The minimum atomic E-state index is 0.394. The maximum Gasteiger partial charge on any atom is 0.180 e. The standard InChI is InChI=1S/C15H21N5/c1-5-16-8-10(2)14-11(3)19-15(20-12(14)4)13-9-17-6-7-18-13/h6-7,9-10,16H,5,8H2,1-4H3. The van der Waals surface area contributed by atoms with E-state index in [2.05, 4.69) is 39.1 Å². The Morgan fingerprint density at radius 1 is 1.15 bits per heavy atom. The molecule has 2 aromatic heterocycles. The topological polar surface area (TPSA) is 63.6 Å². The van der Waals surface area contributed by atoms with Crippen LogP contribution in [0.25, 0.3) is 11.5 Å². The van der Waals surface area contributed by atoms with Gasteiger partial charge in [-0.25, -0.2) is 15.0 Å². The van der Waals surface area contributed by atoms with Crippen molar-refractivity contribution in [3.8, 4) is 11.5 Å². The van der Waals surface area contributed by atoms with E-state index in [1.54, 1.807) is 18.6 Å². The minimum absolute atomic E-state index is 0.394. The summed E-state index contributed by atoms with van der Waals surface area (Å²) >= 11 is 0. The lowest BCUT2D eigenvalue weighted by atomic mass is 9.98. The van der Waals surface area contributed by atoms with Crippen molar-refractivity contribution in [2.24, 2.45) is 0 Å². The summed E-state index contributed by atoms with van der Waals surface area (Å²) in [5.74, 6) is 1.04. The molecule has 1 N–H and O–H groups in total. The molecule has 2 aromatic rings. The lowest BCUT2D eigenvalue weighted by molar-refractivity contribution is 0.624. The highest BCUT2D eigenvalue weighted by molar-refractivity contribution is 5.49. The highest BCUT2D eigenvalue weighted by Gasteiger charge is 2.15. The minimum Gasteiger partial charge on any atom is -0.316 e. The number of likely N-dealkylation sites (N-methyl/N-ethyl adjacent to an activating group) is 1. The first-order chi connectivity index (χ1) is 9.63. The molecule has 0 bridgehead atoms. The molecule has 2 rings (SSSR count). The summed E-state index contributed by atoms with van der Waals surface area (Å²) in [5.41, 5.74) is 3.97. The number of nitrogens with zero attached hydrogens (tertiary/aromatic N) is 4. The van der Waals surface area contributed by atoms with Gasteiger partial charge in [-0.15, -0.1) is 0 Å². The Morgan fingerprint density at radius 2 is 1.85 bits per heavy atom. The number of aromatic nitrogens is 4. The van der Waals surface area contributed by atoms with Crippen LogP contribution in [0.1, 0.15) is 36.7 Å². The second-order valence-electron chi connectivity index (χ2n) is 4.93. The van der Waals surface area contributed by atoms with Crippen molar-refractivity contribution in [1.82, 2.24) is 25.3 Å². The van der Waals surface area contributed by atoms with Gasteiger partial charge in [0.05, 0.1) is 6.20 Å². The molecule has 1 atom stereocenters. The van der Waals surface area contributed by atoms with Gasteiger partial charge in [0.15, 0.2) is 5.82 Å². The molecule has 5 nitrogen and oxygen atoms in total. The predicted octanol–water partition coefficient (Wildman–Crippen LogP) is 2.26. The molecule has 106 valence electrons. The second kappa shape index (κ2) is 6.52. The van der Waals surface area contributed by atoms with Gasteiger partial charge >= 0.3 is 0 Å². The highest BCUT2D eigenvalue weighted by Crippen LogP contribution is 2.23. The van der Waals surface area contributed by atoms with Gasteiger partial charge in [-0.2, -0.15) is 0 Å². The maximum atomic E-state index is 4.59. The van der Waals surface area contributed by atoms with Crippen molar-refractivity contribution in [1.29, 1.82) is 0 Å². The zero-order valence-electron chi connectivity index (χ0n) is 12.5. The van der Waals surface area contributed by atoms with E-state index >= 15 is 0 Å². The molecule has 2 heterocycles. The first-order valence-corrected chi connectivity index (χ1v) is 6.95. The van der Waals surface area contributed by atoms with Crippen LogP contribution >= 0.6 is 0 Å². The Bertz CT molecular complexity index is 545. The number of aryl methyl sites for hydroxylation is 2. The smallest absolute Gasteiger partial charge is 0.180 e. The van der Waals surface area contributed by atoms with E-state index in [1.807, 2.05) is 13.8 Å². The van der Waals surface area contributed by atoms with Gasteiger partial charge in [0.1, 0.15) is 5.69 Å². The molecule has 0 aliphatic carbocycles. The van der Waals surface area contributed by atoms with Gasteiger partial charge in [0.2, 0.25) is 0 Å². The summed E-state index contributed by atoms with van der Waals surface area (Å²) in [6.07, 6.45) is 5.00. The predicted molar refractivity (Wildman–Crippen MR) is 79.5 cm³/mol. The zero-order valence-corrected chi connectivity index (χ0v) is 12.5. The summed E-state index contributed by atoms with van der Waals surface area (Å²) < 4.78 is 0. The van der Waals surface area contributed by atoms with E-state index in [9.17, 15) is 0 Å². The normalized spacial score (nSPS) is 12.4. The van der Waals surface area contributed by atoms with E-state index < -0.39 is 0 Å². The summed E-state index contributed by atoms with van der Waals surface area (Å²) in [6.45, 7) is 10.3. The molecule has 0 radical (unpaired) electrons. The SMILES string of the molecule is CCNCC(C)c1c(C)nc(-c2cnccn2)nc1C. The lowest BCUT2D eigenvalue weighted by Crippen LogP contribution is -2.21. The fourth-order valence-corrected chi connectivity index (χ4v) is 2.43. The third-order valence-corrected chi connectivity index (χ3v) is 3.31. The number of rotatable bonds is 5. The molecule has 5 heteroatoms. The number of nitrogens with one attached hydrogen (secondary N) is 1. The van der Waals surface area contributed by atoms with Crippen LogP contribution in [-0.4, -0.2) is 33.0 Å². The molecule has 1 unspecified atom stereocenters. The molecule has 0 fully saturated rings. The molecule has 0 aliphatic rings. The van der Waals surface area contributed by atoms with Gasteiger partial charge in [0.25, 0.3) is 0 Å². The fourth-order valence-electron chi connectivity index (χ4n) is 2.43. The fraction of sp³-hybridized carbons (Fsp3) is 0.467. The Balaban J connectivity index is 2.34. The van der Waals surface area contributed by atoms with Gasteiger partial charge in [-0.3, -0.25) is 4.98 Å². The Morgan fingerprint density at radius 3 is 2.40 bits per heavy atom. The monoisotopic (exact) mass is 271 g/mol. The first kappa shape index (κ1) is 14.5. The first-order valence-electron chi connectivity index (χ1n) is 6.95. The lowest BCUT2D eigenvalue weighted by Gasteiger charge is -2.17. The quantitative estimate of drug-likeness (QED) is 0.903. The third-order valence-electron chi connectivity index (χ3n) is 3.31. The van der Waals surface area contributed by atoms with Crippen molar-refractivity contribution in [3.05, 3.63) is 35.5 Å². The van der Waals surface area contributed by atoms with Crippen molar-refractivity contribution >= 4 is 0 Å². The third kappa shape index (κ3) is 3.17. The summed E-state index contributed by atoms with van der Waals surface area (Å²) in [4.78, 5) is 17.5. The van der Waals surface area contributed by atoms with Crippen LogP contribution in [0.2, 0.25) is 0 Å². The van der Waals surface area contributed by atoms with Crippen molar-refractivity contribution in [2.45, 2.75) is 33.6 Å². The molecule has 0 spiro atoms. The van der Waals surface area contributed by atoms with Gasteiger partial charge in [0, 0.05) is 30.3 Å². The molecule has 0 aromatic carbocycles. The molecular formula is C15H21N5. The van der Waals surface area contributed by atoms with Crippen LogP contribution in [-0.2, 0) is 0 Å². The van der Waals surface area contributed by atoms with Crippen LogP contribution in [0.5, 0.6) is 0 Å². The average Bonchev–Trinajstić information content (AvgIpc) is 2.45. The molecule has 0 amide bonds. The maximum absolute atomic E-state index is 4.59. The summed E-state index contributed by atoms with van der Waals surface area (Å²) in [5, 5.41) is 3.37.